The van der Waals surface area contributed by atoms with Crippen LogP contribution in [0, 0.1) is 0 Å². The van der Waals surface area contributed by atoms with E-state index in [4.69, 9.17) is 9.47 Å². The summed E-state index contributed by atoms with van der Waals surface area (Å²) in [6, 6.07) is 10.1. The Morgan fingerprint density at radius 2 is 1.89 bits per heavy atom. The molecule has 0 bridgehead atoms. The van der Waals surface area contributed by atoms with E-state index >= 15 is 0 Å². The van der Waals surface area contributed by atoms with E-state index < -0.39 is 17.7 Å². The molecule has 6 nitrogen and oxygen atoms in total. The van der Waals surface area contributed by atoms with E-state index in [1.54, 1.807) is 11.8 Å². The summed E-state index contributed by atoms with van der Waals surface area (Å²) >= 11 is 0. The Balaban J connectivity index is 2.19. The highest BCUT2D eigenvalue weighted by molar-refractivity contribution is 5.91. The monoisotopic (exact) mass is 374 g/mol. The molecule has 0 saturated carbocycles. The Labute approximate surface area is 161 Å². The molecule has 0 unspecified atom stereocenters. The molecule has 0 saturated heterocycles. The van der Waals surface area contributed by atoms with Gasteiger partial charge in [0.15, 0.2) is 0 Å². The molecule has 1 amide bonds. The largest absolute Gasteiger partial charge is 0.463 e. The standard InChI is InChI=1S/C21H30N2O4/c1-6-26-19(24)17-14-23(20(25)27-21(3,4)5)13-12-18(17)22-15(2)16-10-8-7-9-11-16/h7-11,15,22H,6,12-14H2,1-5H3/t15-/m0/s1. The molecular formula is C21H30N2O4. The van der Waals surface area contributed by atoms with Crippen molar-refractivity contribution in [2.75, 3.05) is 19.7 Å². The van der Waals surface area contributed by atoms with Gasteiger partial charge in [0, 0.05) is 24.7 Å². The molecule has 0 spiro atoms. The van der Waals surface area contributed by atoms with Crippen molar-refractivity contribution >= 4 is 12.1 Å². The highest BCUT2D eigenvalue weighted by Crippen LogP contribution is 2.23. The maximum absolute atomic E-state index is 12.5. The van der Waals surface area contributed by atoms with Crippen molar-refractivity contribution in [1.29, 1.82) is 0 Å². The van der Waals surface area contributed by atoms with Crippen molar-refractivity contribution in [3.63, 3.8) is 0 Å². The predicted octanol–water partition coefficient (Wildman–Crippen LogP) is 3.80. The lowest BCUT2D eigenvalue weighted by Gasteiger charge is -2.33. The SMILES string of the molecule is CCOC(=O)C1=C(N[C@@H](C)c2ccccc2)CCN(C(=O)OC(C)(C)C)C1. The zero-order valence-electron chi connectivity index (χ0n) is 16.9. The number of nitrogens with zero attached hydrogens (tertiary/aromatic N) is 1. The molecule has 0 fully saturated rings. The van der Waals surface area contributed by atoms with Crippen LogP contribution in [-0.2, 0) is 14.3 Å². The third-order valence-corrected chi connectivity index (χ3v) is 4.21. The van der Waals surface area contributed by atoms with Crippen molar-refractivity contribution in [1.82, 2.24) is 10.2 Å². The van der Waals surface area contributed by atoms with Crippen LogP contribution in [0.25, 0.3) is 0 Å². The third kappa shape index (κ3) is 6.01. The van der Waals surface area contributed by atoms with E-state index in [1.165, 1.54) is 0 Å². The summed E-state index contributed by atoms with van der Waals surface area (Å²) in [6.45, 7) is 10.2. The minimum Gasteiger partial charge on any atom is -0.463 e. The lowest BCUT2D eigenvalue weighted by atomic mass is 10.0. The van der Waals surface area contributed by atoms with Gasteiger partial charge in [0.1, 0.15) is 5.60 Å². The molecule has 1 heterocycles. The molecule has 148 valence electrons. The van der Waals surface area contributed by atoms with Crippen LogP contribution in [0.15, 0.2) is 41.6 Å². The van der Waals surface area contributed by atoms with Gasteiger partial charge in [-0.25, -0.2) is 9.59 Å². The predicted molar refractivity (Wildman–Crippen MR) is 104 cm³/mol. The smallest absolute Gasteiger partial charge is 0.410 e. The lowest BCUT2D eigenvalue weighted by molar-refractivity contribution is -0.139. The molecular weight excluding hydrogens is 344 g/mol. The van der Waals surface area contributed by atoms with Gasteiger partial charge in [-0.05, 0) is 40.2 Å². The number of hydrogen-bond donors (Lipinski definition) is 1. The molecule has 6 heteroatoms. The Morgan fingerprint density at radius 1 is 1.22 bits per heavy atom. The fraction of sp³-hybridized carbons (Fsp3) is 0.524. The minimum atomic E-state index is -0.578. The zero-order valence-corrected chi connectivity index (χ0v) is 16.9. The van der Waals surface area contributed by atoms with Crippen LogP contribution in [-0.4, -0.2) is 42.3 Å². The maximum Gasteiger partial charge on any atom is 0.410 e. The summed E-state index contributed by atoms with van der Waals surface area (Å²) in [4.78, 5) is 26.4. The topological polar surface area (TPSA) is 67.9 Å². The van der Waals surface area contributed by atoms with Gasteiger partial charge in [-0.3, -0.25) is 0 Å². The molecule has 1 aromatic carbocycles. The second-order valence-electron chi connectivity index (χ2n) is 7.61. The van der Waals surface area contributed by atoms with Crippen molar-refractivity contribution in [2.45, 2.75) is 52.7 Å². The first-order valence-electron chi connectivity index (χ1n) is 9.39. The molecule has 1 atom stereocenters. The summed E-state index contributed by atoms with van der Waals surface area (Å²) in [5.74, 6) is -0.395. The summed E-state index contributed by atoms with van der Waals surface area (Å²) in [6.07, 6.45) is 0.129. The van der Waals surface area contributed by atoms with E-state index in [1.807, 2.05) is 58.0 Å². The van der Waals surface area contributed by atoms with E-state index in [0.29, 0.717) is 18.5 Å². The number of ether oxygens (including phenoxy) is 2. The van der Waals surface area contributed by atoms with Crippen molar-refractivity contribution in [3.05, 3.63) is 47.2 Å². The average Bonchev–Trinajstić information content (AvgIpc) is 2.61. The van der Waals surface area contributed by atoms with E-state index in [-0.39, 0.29) is 19.2 Å². The molecule has 0 radical (unpaired) electrons. The highest BCUT2D eigenvalue weighted by Gasteiger charge is 2.31. The number of carbonyl (C=O) groups excluding carboxylic acids is 2. The molecule has 1 aliphatic rings. The normalized spacial score (nSPS) is 16.0. The molecule has 1 N–H and O–H groups in total. The first-order valence-corrected chi connectivity index (χ1v) is 9.39. The molecule has 0 aliphatic carbocycles. The van der Waals surface area contributed by atoms with Crippen LogP contribution in [0.3, 0.4) is 0 Å². The number of rotatable bonds is 5. The maximum atomic E-state index is 12.5. The Hall–Kier alpha value is -2.50. The van der Waals surface area contributed by atoms with Crippen LogP contribution in [0.5, 0.6) is 0 Å². The minimum absolute atomic E-state index is 0.0405. The van der Waals surface area contributed by atoms with Crippen LogP contribution in [0.4, 0.5) is 4.79 Å². The fourth-order valence-electron chi connectivity index (χ4n) is 2.90. The van der Waals surface area contributed by atoms with Crippen molar-refractivity contribution in [2.24, 2.45) is 0 Å². The van der Waals surface area contributed by atoms with Gasteiger partial charge in [-0.2, -0.15) is 0 Å². The number of esters is 1. The summed E-state index contributed by atoms with van der Waals surface area (Å²) in [5, 5.41) is 3.43. The summed E-state index contributed by atoms with van der Waals surface area (Å²) in [5.41, 5.74) is 1.86. The van der Waals surface area contributed by atoms with Crippen LogP contribution < -0.4 is 5.32 Å². The van der Waals surface area contributed by atoms with Gasteiger partial charge < -0.3 is 19.7 Å². The molecule has 2 rings (SSSR count). The second-order valence-corrected chi connectivity index (χ2v) is 7.61. The number of nitrogens with one attached hydrogen (secondary N) is 1. The quantitative estimate of drug-likeness (QED) is 0.794. The number of benzene rings is 1. The molecule has 0 aromatic heterocycles. The van der Waals surface area contributed by atoms with E-state index in [2.05, 4.69) is 5.32 Å². The highest BCUT2D eigenvalue weighted by atomic mass is 16.6. The second kappa shape index (κ2) is 8.93. The number of amides is 1. The van der Waals surface area contributed by atoms with Gasteiger partial charge in [-0.15, -0.1) is 0 Å². The van der Waals surface area contributed by atoms with Gasteiger partial charge >= 0.3 is 12.1 Å². The first kappa shape index (κ1) is 20.8. The van der Waals surface area contributed by atoms with Gasteiger partial charge in [0.2, 0.25) is 0 Å². The summed E-state index contributed by atoms with van der Waals surface area (Å²) in [7, 11) is 0. The Kier molecular flexibility index (Phi) is 6.88. The average molecular weight is 374 g/mol. The number of carbonyl (C=O) groups is 2. The third-order valence-electron chi connectivity index (χ3n) is 4.21. The van der Waals surface area contributed by atoms with Crippen LogP contribution in [0.2, 0.25) is 0 Å². The van der Waals surface area contributed by atoms with E-state index in [0.717, 1.165) is 11.3 Å². The van der Waals surface area contributed by atoms with Crippen molar-refractivity contribution < 1.29 is 19.1 Å². The Bertz CT molecular complexity index is 692. The van der Waals surface area contributed by atoms with Gasteiger partial charge in [0.05, 0.1) is 18.7 Å². The molecule has 1 aromatic rings. The van der Waals surface area contributed by atoms with Gasteiger partial charge in [-0.1, -0.05) is 30.3 Å². The lowest BCUT2D eigenvalue weighted by Crippen LogP contribution is -2.44. The van der Waals surface area contributed by atoms with Crippen LogP contribution in [0.1, 0.15) is 52.6 Å². The van der Waals surface area contributed by atoms with Gasteiger partial charge in [0.25, 0.3) is 0 Å². The first-order chi connectivity index (χ1) is 12.7. The molecule has 27 heavy (non-hydrogen) atoms. The fourth-order valence-corrected chi connectivity index (χ4v) is 2.90. The zero-order chi connectivity index (χ0) is 20.0. The molecule has 1 aliphatic heterocycles. The van der Waals surface area contributed by atoms with E-state index in [9.17, 15) is 9.59 Å². The number of hydrogen-bond acceptors (Lipinski definition) is 5. The summed E-state index contributed by atoms with van der Waals surface area (Å²) < 4.78 is 10.7. The van der Waals surface area contributed by atoms with Crippen LogP contribution >= 0.6 is 0 Å². The van der Waals surface area contributed by atoms with Crippen molar-refractivity contribution in [3.8, 4) is 0 Å². The Morgan fingerprint density at radius 3 is 2.48 bits per heavy atom.